The molecule has 0 spiro atoms. The van der Waals surface area contributed by atoms with Gasteiger partial charge in [-0.3, -0.25) is 0 Å². The van der Waals surface area contributed by atoms with Crippen LogP contribution in [0.4, 0.5) is 0 Å². The van der Waals surface area contributed by atoms with E-state index in [2.05, 4.69) is 21.8 Å². The van der Waals surface area contributed by atoms with Crippen molar-refractivity contribution < 1.29 is 8.42 Å². The molecule has 2 rings (SSSR count). The molecule has 0 fully saturated rings. The highest BCUT2D eigenvalue weighted by atomic mass is 32.2. The Morgan fingerprint density at radius 3 is 2.58 bits per heavy atom. The van der Waals surface area contributed by atoms with E-state index in [1.165, 1.54) is 10.4 Å². The first kappa shape index (κ1) is 14.2. The number of hydrogen-bond acceptors (Lipinski definition) is 4. The van der Waals surface area contributed by atoms with Gasteiger partial charge in [-0.25, -0.2) is 18.1 Å². The molecule has 1 aromatic heterocycles. The Hall–Kier alpha value is -1.24. The molecule has 0 amide bonds. The number of nitrogens with one attached hydrogen (secondary N) is 1. The number of aryl methyl sites for hydroxylation is 1. The molecule has 0 saturated carbocycles. The molecule has 0 aliphatic carbocycles. The summed E-state index contributed by atoms with van der Waals surface area (Å²) in [6, 6.07) is 10.2. The van der Waals surface area contributed by atoms with Gasteiger partial charge in [0.05, 0.1) is 18.5 Å². The zero-order valence-electron chi connectivity index (χ0n) is 10.9. The van der Waals surface area contributed by atoms with Gasteiger partial charge in [0, 0.05) is 11.3 Å². The Morgan fingerprint density at radius 2 is 1.95 bits per heavy atom. The molecule has 1 N–H and O–H groups in total. The molecule has 0 aliphatic rings. The molecular formula is C13H16N2O2S2. The van der Waals surface area contributed by atoms with E-state index in [-0.39, 0.29) is 6.54 Å². The molecule has 4 nitrogen and oxygen atoms in total. The summed E-state index contributed by atoms with van der Waals surface area (Å²) in [7, 11) is -3.17. The van der Waals surface area contributed by atoms with Crippen molar-refractivity contribution in [3.63, 3.8) is 0 Å². The summed E-state index contributed by atoms with van der Waals surface area (Å²) < 4.78 is 24.6. The van der Waals surface area contributed by atoms with Gasteiger partial charge in [0.15, 0.2) is 0 Å². The maximum absolute atomic E-state index is 11.1. The van der Waals surface area contributed by atoms with Gasteiger partial charge in [0.1, 0.15) is 5.01 Å². The smallest absolute Gasteiger partial charge is 0.209 e. The lowest BCUT2D eigenvalue weighted by molar-refractivity contribution is 0.587. The molecule has 102 valence electrons. The summed E-state index contributed by atoms with van der Waals surface area (Å²) in [5, 5.41) is 0.800. The van der Waals surface area contributed by atoms with Crippen molar-refractivity contribution in [1.82, 2.24) is 9.71 Å². The lowest BCUT2D eigenvalue weighted by atomic mass is 10.1. The molecule has 0 atom stereocenters. The lowest BCUT2D eigenvalue weighted by Gasteiger charge is -1.98. The fraction of sp³-hybridized carbons (Fsp3) is 0.308. The topological polar surface area (TPSA) is 59.1 Å². The van der Waals surface area contributed by atoms with Gasteiger partial charge in [-0.2, -0.15) is 0 Å². The highest BCUT2D eigenvalue weighted by molar-refractivity contribution is 7.88. The van der Waals surface area contributed by atoms with Gasteiger partial charge in [-0.05, 0) is 12.5 Å². The normalized spacial score (nSPS) is 11.7. The maximum Gasteiger partial charge on any atom is 0.209 e. The van der Waals surface area contributed by atoms with Crippen LogP contribution < -0.4 is 4.72 Å². The summed E-state index contributed by atoms with van der Waals surface area (Å²) in [5.41, 5.74) is 2.20. The van der Waals surface area contributed by atoms with E-state index in [1.807, 2.05) is 25.1 Å². The summed E-state index contributed by atoms with van der Waals surface area (Å²) >= 11 is 1.56. The van der Waals surface area contributed by atoms with E-state index in [4.69, 9.17) is 0 Å². The maximum atomic E-state index is 11.1. The van der Waals surface area contributed by atoms with Crippen LogP contribution >= 0.6 is 11.3 Å². The molecule has 1 aromatic carbocycles. The van der Waals surface area contributed by atoms with Gasteiger partial charge in [0.25, 0.3) is 0 Å². The molecule has 0 bridgehead atoms. The quantitative estimate of drug-likeness (QED) is 0.919. The number of nitrogens with zero attached hydrogens (tertiary/aromatic N) is 1. The van der Waals surface area contributed by atoms with Crippen molar-refractivity contribution in [3.05, 3.63) is 51.5 Å². The van der Waals surface area contributed by atoms with Crippen LogP contribution in [-0.2, 0) is 23.0 Å². The summed E-state index contributed by atoms with van der Waals surface area (Å²) in [4.78, 5) is 5.58. The van der Waals surface area contributed by atoms with E-state index < -0.39 is 10.0 Å². The highest BCUT2D eigenvalue weighted by Crippen LogP contribution is 2.21. The van der Waals surface area contributed by atoms with Gasteiger partial charge < -0.3 is 0 Å². The van der Waals surface area contributed by atoms with E-state index in [1.54, 1.807) is 11.3 Å². The Balaban J connectivity index is 2.09. The fourth-order valence-corrected chi connectivity index (χ4v) is 3.24. The zero-order valence-corrected chi connectivity index (χ0v) is 12.5. The molecule has 2 aromatic rings. The fourth-order valence-electron chi connectivity index (χ4n) is 1.70. The van der Waals surface area contributed by atoms with E-state index >= 15 is 0 Å². The predicted octanol–water partition coefficient (Wildman–Crippen LogP) is 2.09. The van der Waals surface area contributed by atoms with Gasteiger partial charge >= 0.3 is 0 Å². The number of aromatic nitrogens is 1. The predicted molar refractivity (Wildman–Crippen MR) is 77.8 cm³/mol. The molecule has 19 heavy (non-hydrogen) atoms. The van der Waals surface area contributed by atoms with Crippen molar-refractivity contribution in [1.29, 1.82) is 0 Å². The standard InChI is InChI=1S/C13H16N2O2S2/c1-10-12(8-11-6-4-3-5-7-11)18-13(15-10)9-14-19(2,16)17/h3-7,14H,8-9H2,1-2H3. The van der Waals surface area contributed by atoms with Crippen molar-refractivity contribution in [2.24, 2.45) is 0 Å². The lowest BCUT2D eigenvalue weighted by Crippen LogP contribution is -2.21. The van der Waals surface area contributed by atoms with Gasteiger partial charge in [-0.15, -0.1) is 11.3 Å². The third-order valence-electron chi connectivity index (χ3n) is 2.63. The average Bonchev–Trinajstić information content (AvgIpc) is 2.68. The first-order valence-corrected chi connectivity index (χ1v) is 8.58. The Kier molecular flexibility index (Phi) is 4.34. The van der Waals surface area contributed by atoms with Crippen LogP contribution in [0.25, 0.3) is 0 Å². The van der Waals surface area contributed by atoms with Crippen molar-refractivity contribution >= 4 is 21.4 Å². The Labute approximate surface area is 117 Å². The summed E-state index contributed by atoms with van der Waals surface area (Å²) in [6.07, 6.45) is 1.99. The number of benzene rings is 1. The van der Waals surface area contributed by atoms with Gasteiger partial charge in [0.2, 0.25) is 10.0 Å². The first-order chi connectivity index (χ1) is 8.94. The van der Waals surface area contributed by atoms with Crippen LogP contribution in [0.2, 0.25) is 0 Å². The number of hydrogen-bond donors (Lipinski definition) is 1. The van der Waals surface area contributed by atoms with E-state index in [9.17, 15) is 8.42 Å². The third-order valence-corrected chi connectivity index (χ3v) is 4.46. The number of sulfonamides is 1. The van der Waals surface area contributed by atoms with Crippen LogP contribution in [0.3, 0.4) is 0 Å². The Bertz CT molecular complexity index is 649. The number of rotatable bonds is 5. The van der Waals surface area contributed by atoms with Crippen molar-refractivity contribution in [2.75, 3.05) is 6.26 Å². The molecule has 0 aliphatic heterocycles. The van der Waals surface area contributed by atoms with Crippen LogP contribution in [0.5, 0.6) is 0 Å². The Morgan fingerprint density at radius 1 is 1.26 bits per heavy atom. The van der Waals surface area contributed by atoms with Crippen molar-refractivity contribution in [3.8, 4) is 0 Å². The molecule has 0 unspecified atom stereocenters. The summed E-state index contributed by atoms with van der Waals surface area (Å²) in [5.74, 6) is 0. The SMILES string of the molecule is Cc1nc(CNS(C)(=O)=O)sc1Cc1ccccc1. The summed E-state index contributed by atoms with van der Waals surface area (Å²) in [6.45, 7) is 2.22. The molecule has 0 saturated heterocycles. The number of thiazole rings is 1. The second-order valence-corrected chi connectivity index (χ2v) is 7.37. The monoisotopic (exact) mass is 296 g/mol. The van der Waals surface area contributed by atoms with Crippen LogP contribution in [0.1, 0.15) is 21.1 Å². The van der Waals surface area contributed by atoms with Crippen LogP contribution in [0, 0.1) is 6.92 Å². The average molecular weight is 296 g/mol. The largest absolute Gasteiger partial charge is 0.245 e. The molecule has 0 radical (unpaired) electrons. The van der Waals surface area contributed by atoms with Gasteiger partial charge in [-0.1, -0.05) is 30.3 Å². The second kappa shape index (κ2) is 5.81. The van der Waals surface area contributed by atoms with Crippen LogP contribution in [0.15, 0.2) is 30.3 Å². The minimum atomic E-state index is -3.17. The first-order valence-electron chi connectivity index (χ1n) is 5.88. The molecule has 6 heteroatoms. The molecule has 1 heterocycles. The van der Waals surface area contributed by atoms with E-state index in [0.717, 1.165) is 23.4 Å². The third kappa shape index (κ3) is 4.41. The van der Waals surface area contributed by atoms with Crippen molar-refractivity contribution in [2.45, 2.75) is 19.9 Å². The second-order valence-electron chi connectivity index (χ2n) is 4.37. The van der Waals surface area contributed by atoms with Crippen LogP contribution in [-0.4, -0.2) is 19.7 Å². The minimum Gasteiger partial charge on any atom is -0.245 e. The van der Waals surface area contributed by atoms with E-state index in [0.29, 0.717) is 0 Å². The minimum absolute atomic E-state index is 0.263. The highest BCUT2D eigenvalue weighted by Gasteiger charge is 2.10. The molecular weight excluding hydrogens is 280 g/mol. The zero-order chi connectivity index (χ0) is 13.9.